The van der Waals surface area contributed by atoms with Gasteiger partial charge in [-0.05, 0) is 44.5 Å². The molecule has 0 radical (unpaired) electrons. The van der Waals surface area contributed by atoms with E-state index < -0.39 is 11.2 Å². The number of amides is 1. The fraction of sp³-hybridized carbons (Fsp3) is 0.412. The van der Waals surface area contributed by atoms with Gasteiger partial charge in [-0.25, -0.2) is 14.8 Å². The summed E-state index contributed by atoms with van der Waals surface area (Å²) in [5.74, 6) is 4.42. The summed E-state index contributed by atoms with van der Waals surface area (Å²) in [7, 11) is 0. The third kappa shape index (κ3) is 7.16. The third-order valence-electron chi connectivity index (χ3n) is 7.82. The molecule has 1 amide bonds. The number of rotatable bonds is 9. The predicted molar refractivity (Wildman–Crippen MR) is 172 cm³/mol. The van der Waals surface area contributed by atoms with E-state index in [2.05, 4.69) is 32.9 Å². The molecule has 1 saturated carbocycles. The van der Waals surface area contributed by atoms with Crippen molar-refractivity contribution in [1.82, 2.24) is 29.3 Å². The maximum absolute atomic E-state index is 12.4. The van der Waals surface area contributed by atoms with Crippen LogP contribution in [0.3, 0.4) is 0 Å². The van der Waals surface area contributed by atoms with Crippen LogP contribution in [0.25, 0.3) is 22.6 Å². The summed E-state index contributed by atoms with van der Waals surface area (Å²) in [5, 5.41) is 0.501. The van der Waals surface area contributed by atoms with Gasteiger partial charge in [0, 0.05) is 51.1 Å². The van der Waals surface area contributed by atoms with Gasteiger partial charge in [0.2, 0.25) is 5.88 Å². The van der Waals surface area contributed by atoms with Crippen LogP contribution in [0.4, 0.5) is 4.79 Å². The lowest BCUT2D eigenvalue weighted by atomic mass is 10.2. The number of aromatic nitrogens is 4. The van der Waals surface area contributed by atoms with Crippen LogP contribution in [0, 0.1) is 12.3 Å². The van der Waals surface area contributed by atoms with Crippen molar-refractivity contribution in [1.29, 1.82) is 0 Å². The lowest BCUT2D eigenvalue weighted by Crippen LogP contribution is -2.50. The molecule has 11 heteroatoms. The summed E-state index contributed by atoms with van der Waals surface area (Å²) in [6, 6.07) is 15.7. The highest BCUT2D eigenvalue weighted by Crippen LogP contribution is 2.41. The summed E-state index contributed by atoms with van der Waals surface area (Å²) in [6.45, 7) is 10.2. The van der Waals surface area contributed by atoms with Gasteiger partial charge in [0.1, 0.15) is 30.1 Å². The number of imidazole rings is 1. The van der Waals surface area contributed by atoms with Gasteiger partial charge in [0.25, 0.3) is 0 Å². The van der Waals surface area contributed by atoms with Crippen molar-refractivity contribution < 1.29 is 19.0 Å². The van der Waals surface area contributed by atoms with Gasteiger partial charge in [0.05, 0.1) is 11.6 Å². The van der Waals surface area contributed by atoms with E-state index in [0.717, 1.165) is 43.6 Å². The highest BCUT2D eigenvalue weighted by atomic mass is 35.5. The first-order valence-electron chi connectivity index (χ1n) is 15.2. The van der Waals surface area contributed by atoms with Gasteiger partial charge < -0.3 is 23.7 Å². The Hall–Kier alpha value is -4.33. The standard InChI is InChI=1S/C34H37ClN6O4/c1-5-34(13-14-34)44-31-28-30(36-23-37-31)41(22-24-9-7-6-8-10-24)29(38-28)26-12-11-25(21-27(26)35)43-20-19-39-15-17-40(18-16-39)32(42)45-33(2,3)4/h1,6-12,21,23H,13-20,22H2,2-4H3. The van der Waals surface area contributed by atoms with E-state index in [1.807, 2.05) is 61.7 Å². The number of fused-ring (bicyclic) bond motifs is 1. The summed E-state index contributed by atoms with van der Waals surface area (Å²) in [6.07, 6.45) is 8.52. The average molecular weight is 629 g/mol. The molecule has 2 aliphatic rings. The van der Waals surface area contributed by atoms with Crippen molar-refractivity contribution >= 4 is 28.9 Å². The van der Waals surface area contributed by atoms with Crippen LogP contribution < -0.4 is 9.47 Å². The Balaban J connectivity index is 1.16. The van der Waals surface area contributed by atoms with Crippen LogP contribution in [0.15, 0.2) is 54.9 Å². The molecule has 1 aliphatic carbocycles. The number of benzene rings is 2. The fourth-order valence-electron chi connectivity index (χ4n) is 5.23. The van der Waals surface area contributed by atoms with E-state index in [1.165, 1.54) is 6.33 Å². The Bertz CT molecular complexity index is 1720. The lowest BCUT2D eigenvalue weighted by molar-refractivity contribution is 0.0137. The van der Waals surface area contributed by atoms with E-state index in [0.29, 0.717) is 59.9 Å². The van der Waals surface area contributed by atoms with E-state index in [-0.39, 0.29) is 6.09 Å². The van der Waals surface area contributed by atoms with Gasteiger partial charge in [-0.1, -0.05) is 47.9 Å². The Morgan fingerprint density at radius 3 is 2.49 bits per heavy atom. The normalized spacial score (nSPS) is 16.3. The molecule has 0 unspecified atom stereocenters. The molecule has 2 aromatic carbocycles. The summed E-state index contributed by atoms with van der Waals surface area (Å²) in [5.41, 5.74) is 1.86. The molecule has 3 heterocycles. The molecule has 2 aromatic heterocycles. The summed E-state index contributed by atoms with van der Waals surface area (Å²) in [4.78, 5) is 30.3. The number of carbonyl (C=O) groups excluding carboxylic acids is 1. The van der Waals surface area contributed by atoms with E-state index in [9.17, 15) is 4.79 Å². The van der Waals surface area contributed by atoms with Gasteiger partial charge in [0.15, 0.2) is 16.8 Å². The first-order chi connectivity index (χ1) is 21.6. The van der Waals surface area contributed by atoms with Crippen molar-refractivity contribution in [3.8, 4) is 35.4 Å². The van der Waals surface area contributed by atoms with Crippen LogP contribution in [0.1, 0.15) is 39.2 Å². The maximum Gasteiger partial charge on any atom is 0.410 e. The smallest absolute Gasteiger partial charge is 0.410 e. The minimum Gasteiger partial charge on any atom is -0.492 e. The minimum atomic E-state index is -0.632. The zero-order valence-electron chi connectivity index (χ0n) is 25.8. The molecular formula is C34H37ClN6O4. The number of hydrogen-bond donors (Lipinski definition) is 0. The average Bonchev–Trinajstić information content (AvgIpc) is 3.70. The van der Waals surface area contributed by atoms with Crippen molar-refractivity contribution in [2.24, 2.45) is 0 Å². The zero-order chi connectivity index (χ0) is 31.6. The number of carbonyl (C=O) groups is 1. The van der Waals surface area contributed by atoms with Crippen LogP contribution in [-0.4, -0.2) is 85.9 Å². The molecule has 0 bridgehead atoms. The maximum atomic E-state index is 12.4. The first-order valence-corrected chi connectivity index (χ1v) is 15.6. The molecule has 0 atom stereocenters. The molecule has 1 aliphatic heterocycles. The number of terminal acetylenes is 1. The Morgan fingerprint density at radius 2 is 1.82 bits per heavy atom. The SMILES string of the molecule is C#CC1(Oc2ncnc3c2nc(-c2ccc(OCCN4CCN(C(=O)OC(C)(C)C)CC4)cc2Cl)n3Cc2ccccc2)CC1. The van der Waals surface area contributed by atoms with E-state index >= 15 is 0 Å². The monoisotopic (exact) mass is 628 g/mol. The Labute approximate surface area is 268 Å². The Kier molecular flexibility index (Phi) is 8.58. The summed E-state index contributed by atoms with van der Waals surface area (Å²) < 4.78 is 19.8. The molecule has 1 saturated heterocycles. The van der Waals surface area contributed by atoms with Crippen LogP contribution in [-0.2, 0) is 11.3 Å². The molecule has 2 fully saturated rings. The number of nitrogens with zero attached hydrogens (tertiary/aromatic N) is 6. The summed E-state index contributed by atoms with van der Waals surface area (Å²) >= 11 is 6.88. The van der Waals surface area contributed by atoms with Crippen molar-refractivity contribution in [2.45, 2.75) is 51.4 Å². The van der Waals surface area contributed by atoms with Crippen molar-refractivity contribution in [3.63, 3.8) is 0 Å². The molecule has 6 rings (SSSR count). The molecular weight excluding hydrogens is 592 g/mol. The van der Waals surface area contributed by atoms with Gasteiger partial charge in [-0.2, -0.15) is 4.98 Å². The van der Waals surface area contributed by atoms with Gasteiger partial charge >= 0.3 is 6.09 Å². The Morgan fingerprint density at radius 1 is 1.07 bits per heavy atom. The number of ether oxygens (including phenoxy) is 3. The minimum absolute atomic E-state index is 0.263. The second-order valence-corrected chi connectivity index (χ2v) is 12.8. The second kappa shape index (κ2) is 12.6. The fourth-order valence-corrected chi connectivity index (χ4v) is 5.48. The third-order valence-corrected chi connectivity index (χ3v) is 8.14. The first kappa shape index (κ1) is 30.7. The molecule has 45 heavy (non-hydrogen) atoms. The largest absolute Gasteiger partial charge is 0.492 e. The topological polar surface area (TPSA) is 94.8 Å². The molecule has 4 aromatic rings. The highest BCUT2D eigenvalue weighted by molar-refractivity contribution is 6.33. The van der Waals surface area contributed by atoms with E-state index in [1.54, 1.807) is 4.90 Å². The number of piperazine rings is 1. The lowest BCUT2D eigenvalue weighted by Gasteiger charge is -2.35. The predicted octanol–water partition coefficient (Wildman–Crippen LogP) is 5.67. The van der Waals surface area contributed by atoms with Crippen LogP contribution >= 0.6 is 11.6 Å². The molecule has 10 nitrogen and oxygen atoms in total. The highest BCUT2D eigenvalue weighted by Gasteiger charge is 2.45. The van der Waals surface area contributed by atoms with Crippen LogP contribution in [0.5, 0.6) is 11.6 Å². The number of halogens is 1. The number of hydrogen-bond acceptors (Lipinski definition) is 8. The molecule has 234 valence electrons. The van der Waals surface area contributed by atoms with Crippen molar-refractivity contribution in [3.05, 3.63) is 65.4 Å². The zero-order valence-corrected chi connectivity index (χ0v) is 26.6. The van der Waals surface area contributed by atoms with Gasteiger partial charge in [-0.3, -0.25) is 4.90 Å². The van der Waals surface area contributed by atoms with E-state index in [4.69, 9.17) is 37.2 Å². The quantitative estimate of drug-likeness (QED) is 0.219. The molecule has 0 spiro atoms. The second-order valence-electron chi connectivity index (χ2n) is 12.4. The van der Waals surface area contributed by atoms with Crippen molar-refractivity contribution in [2.75, 3.05) is 39.3 Å². The van der Waals surface area contributed by atoms with Crippen LogP contribution in [0.2, 0.25) is 5.02 Å². The molecule has 0 N–H and O–H groups in total. The van der Waals surface area contributed by atoms with Gasteiger partial charge in [-0.15, -0.1) is 6.42 Å².